The van der Waals surface area contributed by atoms with Gasteiger partial charge in [-0.25, -0.2) is 15.0 Å². The van der Waals surface area contributed by atoms with Gasteiger partial charge >= 0.3 is 0 Å². The topological polar surface area (TPSA) is 38.7 Å². The van der Waals surface area contributed by atoms with Gasteiger partial charge in [-0.1, -0.05) is 154 Å². The lowest BCUT2D eigenvalue weighted by molar-refractivity contribution is 0.652. The molecule has 8 aromatic rings. The van der Waals surface area contributed by atoms with Crippen LogP contribution in [0.4, 0.5) is 0 Å². The Labute approximate surface area is 334 Å². The summed E-state index contributed by atoms with van der Waals surface area (Å²) in [6.07, 6.45) is 0. The minimum atomic E-state index is -0.229. The lowest BCUT2D eigenvalue weighted by atomic mass is 9.79. The van der Waals surface area contributed by atoms with Gasteiger partial charge in [0.15, 0.2) is 11.6 Å². The molecule has 7 aromatic carbocycles. The Balaban J connectivity index is 1.05. The minimum Gasteiger partial charge on any atom is -0.208 e. The first-order valence-corrected chi connectivity index (χ1v) is 19.5. The molecule has 270 valence electrons. The third-order valence-corrected chi connectivity index (χ3v) is 11.9. The minimum absolute atomic E-state index is 0.204. The molecule has 0 spiro atoms. The first kappa shape index (κ1) is 34.4. The van der Waals surface area contributed by atoms with Crippen molar-refractivity contribution >= 4 is 10.8 Å². The monoisotopic (exact) mass is 729 g/mol. The Morgan fingerprint density at radius 1 is 0.421 bits per heavy atom. The molecule has 0 atom stereocenters. The number of aromatic nitrogens is 3. The predicted octanol–water partition coefficient (Wildman–Crippen LogP) is 12.1. The average molecular weight is 730 g/mol. The van der Waals surface area contributed by atoms with Gasteiger partial charge in [0.25, 0.3) is 0 Å². The summed E-state index contributed by atoms with van der Waals surface area (Å²) < 4.78 is 0. The Morgan fingerprint density at radius 2 is 0.965 bits per heavy atom. The molecule has 1 aromatic heterocycles. The third-order valence-electron chi connectivity index (χ3n) is 11.9. The lowest BCUT2D eigenvalue weighted by Crippen LogP contribution is -2.17. The van der Waals surface area contributed by atoms with E-state index >= 15 is 0 Å². The largest absolute Gasteiger partial charge is 0.209 e. The molecule has 2 aliphatic rings. The Hall–Kier alpha value is -7.07. The zero-order chi connectivity index (χ0) is 38.9. The molecule has 0 bridgehead atoms. The Bertz CT molecular complexity index is 3000. The van der Waals surface area contributed by atoms with Crippen molar-refractivity contribution in [3.63, 3.8) is 0 Å². The summed E-state index contributed by atoms with van der Waals surface area (Å²) in [5.41, 5.74) is 16.2. The van der Waals surface area contributed by atoms with Crippen molar-refractivity contribution < 1.29 is 0 Å². The molecule has 0 radical (unpaired) electrons. The highest BCUT2D eigenvalue weighted by Crippen LogP contribution is 2.57. The second-order valence-electron chi connectivity index (χ2n) is 16.3. The standard InChI is InChI=1S/C54H39N3/c1-34-20-22-35(23-21-34)24-27-39-31-48-50(42-19-13-12-18-40(39)42)44-33-46-43(32-47(44)54(48,4)5)41-28-25-36(30-45(41)53(46,2)3)26-29-49-55-51(37-14-8-6-9-15-37)57-52(56-49)38-16-10-7-11-17-38/h6-23,25,28,30-33H,1-5H3. The van der Waals surface area contributed by atoms with Crippen molar-refractivity contribution in [3.8, 4) is 68.7 Å². The number of fused-ring (bicyclic) bond motifs is 8. The van der Waals surface area contributed by atoms with Crippen molar-refractivity contribution in [1.29, 1.82) is 0 Å². The van der Waals surface area contributed by atoms with Crippen molar-refractivity contribution in [2.24, 2.45) is 0 Å². The number of rotatable bonds is 2. The first-order chi connectivity index (χ1) is 27.6. The molecule has 0 amide bonds. The number of nitrogens with zero attached hydrogens (tertiary/aromatic N) is 3. The van der Waals surface area contributed by atoms with Gasteiger partial charge in [0.2, 0.25) is 5.82 Å². The highest BCUT2D eigenvalue weighted by Gasteiger charge is 2.42. The van der Waals surface area contributed by atoms with Crippen LogP contribution in [0.25, 0.3) is 55.8 Å². The van der Waals surface area contributed by atoms with Crippen molar-refractivity contribution in [2.45, 2.75) is 45.4 Å². The fraction of sp³-hybridized carbons (Fsp3) is 0.130. The fourth-order valence-electron chi connectivity index (χ4n) is 8.76. The van der Waals surface area contributed by atoms with Gasteiger partial charge in [-0.3, -0.25) is 0 Å². The smallest absolute Gasteiger partial charge is 0.208 e. The summed E-state index contributed by atoms with van der Waals surface area (Å²) in [6, 6.07) is 51.2. The second-order valence-corrected chi connectivity index (χ2v) is 16.3. The van der Waals surface area contributed by atoms with E-state index < -0.39 is 0 Å². The van der Waals surface area contributed by atoms with E-state index in [0.717, 1.165) is 27.8 Å². The maximum Gasteiger partial charge on any atom is 0.209 e. The molecular formula is C54H39N3. The highest BCUT2D eigenvalue weighted by molar-refractivity contribution is 6.06. The number of hydrogen-bond donors (Lipinski definition) is 0. The SMILES string of the molecule is Cc1ccc(C#Cc2cc3c(c4ccccc24)-c2cc4c(cc2C3(C)C)-c2ccc(C#Cc3nc(-c5ccccc5)nc(-c5ccccc5)n3)cc2C4(C)C)cc1. The van der Waals surface area contributed by atoms with Crippen molar-refractivity contribution in [2.75, 3.05) is 0 Å². The summed E-state index contributed by atoms with van der Waals surface area (Å²) in [4.78, 5) is 14.4. The van der Waals surface area contributed by atoms with E-state index in [-0.39, 0.29) is 10.8 Å². The van der Waals surface area contributed by atoms with Gasteiger partial charge < -0.3 is 0 Å². The maximum atomic E-state index is 4.82. The summed E-state index contributed by atoms with van der Waals surface area (Å²) in [6.45, 7) is 11.5. The second kappa shape index (κ2) is 13.0. The molecule has 0 N–H and O–H groups in total. The molecule has 57 heavy (non-hydrogen) atoms. The molecule has 3 heteroatoms. The van der Waals surface area contributed by atoms with E-state index in [2.05, 4.69) is 143 Å². The van der Waals surface area contributed by atoms with Gasteiger partial charge in [-0.2, -0.15) is 0 Å². The molecule has 2 aliphatic carbocycles. The number of hydrogen-bond acceptors (Lipinski definition) is 3. The highest BCUT2D eigenvalue weighted by atomic mass is 15.0. The molecule has 1 heterocycles. The van der Waals surface area contributed by atoms with Crippen LogP contribution >= 0.6 is 0 Å². The Morgan fingerprint density at radius 3 is 1.65 bits per heavy atom. The van der Waals surface area contributed by atoms with Crippen molar-refractivity contribution in [3.05, 3.63) is 196 Å². The van der Waals surface area contributed by atoms with Gasteiger partial charge in [0.05, 0.1) is 0 Å². The van der Waals surface area contributed by atoms with Gasteiger partial charge in [0, 0.05) is 38.6 Å². The predicted molar refractivity (Wildman–Crippen MR) is 233 cm³/mol. The average Bonchev–Trinajstić information content (AvgIpc) is 3.60. The first-order valence-electron chi connectivity index (χ1n) is 19.5. The van der Waals surface area contributed by atoms with Crippen LogP contribution < -0.4 is 0 Å². The molecular weight excluding hydrogens is 691 g/mol. The maximum absolute atomic E-state index is 4.82. The Kier molecular flexibility index (Phi) is 7.86. The van der Waals surface area contributed by atoms with Crippen LogP contribution in [0, 0.1) is 30.6 Å². The molecule has 0 aliphatic heterocycles. The number of benzene rings is 7. The van der Waals surface area contributed by atoms with E-state index in [1.807, 2.05) is 60.7 Å². The van der Waals surface area contributed by atoms with Gasteiger partial charge in [-0.15, -0.1) is 0 Å². The molecule has 0 fully saturated rings. The van der Waals surface area contributed by atoms with Crippen LogP contribution in [0.2, 0.25) is 0 Å². The van der Waals surface area contributed by atoms with E-state index in [0.29, 0.717) is 17.5 Å². The molecule has 3 nitrogen and oxygen atoms in total. The van der Waals surface area contributed by atoms with E-state index in [1.165, 1.54) is 60.8 Å². The normalized spacial score (nSPS) is 13.7. The van der Waals surface area contributed by atoms with Crippen LogP contribution in [0.5, 0.6) is 0 Å². The fourth-order valence-corrected chi connectivity index (χ4v) is 8.76. The van der Waals surface area contributed by atoms with Gasteiger partial charge in [0.1, 0.15) is 0 Å². The zero-order valence-electron chi connectivity index (χ0n) is 32.7. The lowest BCUT2D eigenvalue weighted by Gasteiger charge is -2.24. The zero-order valence-corrected chi connectivity index (χ0v) is 32.7. The van der Waals surface area contributed by atoms with Gasteiger partial charge in [-0.05, 0) is 111 Å². The van der Waals surface area contributed by atoms with E-state index in [9.17, 15) is 0 Å². The summed E-state index contributed by atoms with van der Waals surface area (Å²) in [7, 11) is 0. The summed E-state index contributed by atoms with van der Waals surface area (Å²) in [5, 5.41) is 2.45. The molecule has 0 unspecified atom stereocenters. The van der Waals surface area contributed by atoms with Crippen LogP contribution in [-0.4, -0.2) is 15.0 Å². The third kappa shape index (κ3) is 5.75. The van der Waals surface area contributed by atoms with E-state index in [1.54, 1.807) is 0 Å². The summed E-state index contributed by atoms with van der Waals surface area (Å²) >= 11 is 0. The molecule has 10 rings (SSSR count). The van der Waals surface area contributed by atoms with Crippen LogP contribution in [0.1, 0.15) is 78.0 Å². The molecule has 0 saturated heterocycles. The van der Waals surface area contributed by atoms with Crippen LogP contribution in [0.15, 0.2) is 146 Å². The quantitative estimate of drug-likeness (QED) is 0.166. The molecule has 0 saturated carbocycles. The van der Waals surface area contributed by atoms with E-state index in [4.69, 9.17) is 15.0 Å². The van der Waals surface area contributed by atoms with Crippen LogP contribution in [-0.2, 0) is 10.8 Å². The van der Waals surface area contributed by atoms with Crippen molar-refractivity contribution in [1.82, 2.24) is 15.0 Å². The number of aryl methyl sites for hydroxylation is 1. The summed E-state index contributed by atoms with van der Waals surface area (Å²) in [5.74, 6) is 15.4. The van der Waals surface area contributed by atoms with Crippen LogP contribution in [0.3, 0.4) is 0 Å².